The van der Waals surface area contributed by atoms with Gasteiger partial charge in [-0.05, 0) is 24.7 Å². The molecule has 2 fully saturated rings. The maximum absolute atomic E-state index is 11.8. The van der Waals surface area contributed by atoms with E-state index in [1.54, 1.807) is 33.9 Å². The summed E-state index contributed by atoms with van der Waals surface area (Å²) in [6.45, 7) is 6.43. The highest BCUT2D eigenvalue weighted by atomic mass is 16.5. The van der Waals surface area contributed by atoms with Crippen molar-refractivity contribution in [3.63, 3.8) is 0 Å². The zero-order valence-corrected chi connectivity index (χ0v) is 36.5. The largest absolute Gasteiger partial charge is 0.481 e. The molecule has 2 aromatic rings. The number of aliphatic carboxylic acids is 1. The molecule has 0 saturated heterocycles. The zero-order valence-electron chi connectivity index (χ0n) is 36.5. The summed E-state index contributed by atoms with van der Waals surface area (Å²) in [5, 5.41) is 26.5. The van der Waals surface area contributed by atoms with Crippen LogP contribution in [0.25, 0.3) is 0 Å². The Balaban J connectivity index is 0.000000316. The first kappa shape index (κ1) is 50.3. The standard InChI is InChI=1S/C21H38N4O5.C21H37N3O5/c1-28-13-11-25(12-14-29-2)16-19-22-21(30-24-19)18(15-20(26)23-27)10-6-9-17-7-4-3-5-8-17;1-27-13-11-24(12-14-28-2)16-19-22-21(29-23-19)18(15-20(25)26)10-6-9-17-7-4-3-5-8-17/h17-18,27H,3-16H2,1-2H3,(H,23,26);17-18H,3-16H2,1-2H3,(H,25,26)/t2*18-/m11/s1. The number of hydrogen-bond acceptors (Lipinski definition) is 15. The summed E-state index contributed by atoms with van der Waals surface area (Å²) in [4.78, 5) is 36.5. The number of ether oxygens (including phenoxy) is 4. The molecule has 2 aliphatic rings. The van der Waals surface area contributed by atoms with Crippen LogP contribution >= 0.6 is 0 Å². The molecule has 1 amide bonds. The van der Waals surface area contributed by atoms with E-state index in [0.29, 0.717) is 62.9 Å². The van der Waals surface area contributed by atoms with Crippen molar-refractivity contribution >= 4 is 11.9 Å². The van der Waals surface area contributed by atoms with Crippen LogP contribution in [0, 0.1) is 11.8 Å². The third-order valence-electron chi connectivity index (χ3n) is 11.6. The Morgan fingerprint density at radius 1 is 0.661 bits per heavy atom. The smallest absolute Gasteiger partial charge is 0.304 e. The Bertz CT molecular complexity index is 1350. The highest BCUT2D eigenvalue weighted by Gasteiger charge is 2.25. The van der Waals surface area contributed by atoms with Crippen LogP contribution in [0.2, 0.25) is 0 Å². The van der Waals surface area contributed by atoms with Gasteiger partial charge in [0.2, 0.25) is 17.7 Å². The van der Waals surface area contributed by atoms with Gasteiger partial charge in [0.25, 0.3) is 0 Å². The Morgan fingerprint density at radius 3 is 1.41 bits per heavy atom. The molecule has 17 nitrogen and oxygen atoms in total. The fourth-order valence-electron chi connectivity index (χ4n) is 8.18. The molecule has 17 heteroatoms. The first-order chi connectivity index (χ1) is 28.8. The van der Waals surface area contributed by atoms with E-state index in [9.17, 15) is 14.7 Å². The number of carbonyl (C=O) groups is 2. The number of hydroxylamine groups is 1. The van der Waals surface area contributed by atoms with Crippen molar-refractivity contribution in [1.29, 1.82) is 0 Å². The minimum Gasteiger partial charge on any atom is -0.481 e. The van der Waals surface area contributed by atoms with Crippen molar-refractivity contribution in [3.8, 4) is 0 Å². The monoisotopic (exact) mass is 838 g/mol. The number of carboxylic acids is 1. The summed E-state index contributed by atoms with van der Waals surface area (Å²) in [7, 11) is 6.69. The molecule has 0 radical (unpaired) electrons. The molecule has 2 saturated carbocycles. The molecule has 2 aliphatic carbocycles. The maximum atomic E-state index is 11.8. The number of aromatic nitrogens is 4. The summed E-state index contributed by atoms with van der Waals surface area (Å²) in [5.41, 5.74) is 1.73. The van der Waals surface area contributed by atoms with Gasteiger partial charge in [0, 0.05) is 72.9 Å². The van der Waals surface area contributed by atoms with E-state index in [1.807, 2.05) is 0 Å². The molecule has 3 N–H and O–H groups in total. The average Bonchev–Trinajstić information content (AvgIpc) is 3.93. The van der Waals surface area contributed by atoms with E-state index >= 15 is 0 Å². The van der Waals surface area contributed by atoms with Crippen LogP contribution in [-0.2, 0) is 41.6 Å². The summed E-state index contributed by atoms with van der Waals surface area (Å²) in [6, 6.07) is 0. The second kappa shape index (κ2) is 30.9. The number of nitrogens with zero attached hydrogens (tertiary/aromatic N) is 6. The van der Waals surface area contributed by atoms with Crippen LogP contribution in [-0.4, -0.2) is 133 Å². The second-order valence-corrected chi connectivity index (χ2v) is 16.2. The topological polar surface area (TPSA) is 208 Å². The van der Waals surface area contributed by atoms with Crippen molar-refractivity contribution < 1.29 is 47.9 Å². The number of nitrogens with one attached hydrogen (secondary N) is 1. The Morgan fingerprint density at radius 2 is 1.05 bits per heavy atom. The molecule has 0 bridgehead atoms. The number of amides is 1. The summed E-state index contributed by atoms with van der Waals surface area (Å²) in [6.07, 6.45) is 19.4. The fraction of sp³-hybridized carbons (Fsp3) is 0.857. The number of hydrogen-bond donors (Lipinski definition) is 3. The highest BCUT2D eigenvalue weighted by Crippen LogP contribution is 2.32. The van der Waals surface area contributed by atoms with Crippen LogP contribution in [0.5, 0.6) is 0 Å². The lowest BCUT2D eigenvalue weighted by molar-refractivity contribution is -0.137. The van der Waals surface area contributed by atoms with Gasteiger partial charge in [0.15, 0.2) is 11.6 Å². The van der Waals surface area contributed by atoms with Crippen molar-refractivity contribution in [2.75, 3.05) is 81.0 Å². The third-order valence-corrected chi connectivity index (χ3v) is 11.6. The van der Waals surface area contributed by atoms with Gasteiger partial charge in [-0.3, -0.25) is 24.6 Å². The fourth-order valence-corrected chi connectivity index (χ4v) is 8.18. The molecule has 59 heavy (non-hydrogen) atoms. The van der Waals surface area contributed by atoms with Crippen LogP contribution in [0.4, 0.5) is 0 Å². The predicted octanol–water partition coefficient (Wildman–Crippen LogP) is 6.37. The Labute approximate surface area is 351 Å². The van der Waals surface area contributed by atoms with E-state index in [2.05, 4.69) is 30.1 Å². The number of rotatable bonds is 30. The van der Waals surface area contributed by atoms with Crippen LogP contribution in [0.15, 0.2) is 9.05 Å². The minimum atomic E-state index is -0.825. The lowest BCUT2D eigenvalue weighted by Crippen LogP contribution is -2.30. The quantitative estimate of drug-likeness (QED) is 0.0577. The van der Waals surface area contributed by atoms with Gasteiger partial charge in [-0.2, -0.15) is 9.97 Å². The van der Waals surface area contributed by atoms with Crippen molar-refractivity contribution in [1.82, 2.24) is 35.6 Å². The molecule has 2 heterocycles. The van der Waals surface area contributed by atoms with Gasteiger partial charge in [-0.25, -0.2) is 5.48 Å². The molecule has 338 valence electrons. The molecular weight excluding hydrogens is 763 g/mol. The maximum Gasteiger partial charge on any atom is 0.304 e. The first-order valence-corrected chi connectivity index (χ1v) is 22.0. The second-order valence-electron chi connectivity index (χ2n) is 16.2. The molecule has 2 atom stereocenters. The Hall–Kier alpha value is -3.06. The number of carboxylic acid groups (broad SMARTS) is 1. The van der Waals surface area contributed by atoms with Gasteiger partial charge in [-0.1, -0.05) is 100 Å². The van der Waals surface area contributed by atoms with Crippen LogP contribution < -0.4 is 5.48 Å². The molecule has 0 spiro atoms. The van der Waals surface area contributed by atoms with E-state index in [1.165, 1.54) is 77.0 Å². The van der Waals surface area contributed by atoms with Crippen molar-refractivity contribution in [2.45, 2.75) is 141 Å². The summed E-state index contributed by atoms with van der Waals surface area (Å²) >= 11 is 0. The molecular formula is C42H75N7O10. The Kier molecular flexibility index (Phi) is 26.3. The van der Waals surface area contributed by atoms with Gasteiger partial charge >= 0.3 is 5.97 Å². The molecule has 0 aromatic carbocycles. The van der Waals surface area contributed by atoms with Crippen molar-refractivity contribution in [2.24, 2.45) is 11.8 Å². The lowest BCUT2D eigenvalue weighted by Gasteiger charge is -2.22. The van der Waals surface area contributed by atoms with Gasteiger partial charge in [-0.15, -0.1) is 0 Å². The van der Waals surface area contributed by atoms with Gasteiger partial charge < -0.3 is 33.1 Å². The SMILES string of the molecule is COCCN(CCOC)Cc1noc([C@H](CCCC2CCCCC2)CC(=O)NO)n1.COCCN(CCOC)Cc1noc([C@H](CCCC2CCCCC2)CC(=O)O)n1. The zero-order chi connectivity index (χ0) is 42.5. The molecule has 0 aliphatic heterocycles. The van der Waals surface area contributed by atoms with Crippen LogP contribution in [0.3, 0.4) is 0 Å². The normalized spacial score (nSPS) is 16.3. The highest BCUT2D eigenvalue weighted by molar-refractivity contribution is 5.75. The van der Waals surface area contributed by atoms with E-state index in [-0.39, 0.29) is 24.7 Å². The summed E-state index contributed by atoms with van der Waals surface area (Å²) in [5.74, 6) is 2.00. The van der Waals surface area contributed by atoms with E-state index < -0.39 is 11.9 Å². The summed E-state index contributed by atoms with van der Waals surface area (Å²) < 4.78 is 31.6. The minimum absolute atomic E-state index is 0.0311. The van der Waals surface area contributed by atoms with E-state index in [4.69, 9.17) is 33.2 Å². The van der Waals surface area contributed by atoms with Crippen LogP contribution in [0.1, 0.15) is 151 Å². The average molecular weight is 838 g/mol. The molecule has 2 aromatic heterocycles. The van der Waals surface area contributed by atoms with Gasteiger partial charge in [0.1, 0.15) is 0 Å². The number of methoxy groups -OCH3 is 4. The molecule has 4 rings (SSSR count). The molecule has 0 unspecified atom stereocenters. The van der Waals surface area contributed by atoms with Crippen molar-refractivity contribution in [3.05, 3.63) is 23.4 Å². The number of carbonyl (C=O) groups excluding carboxylic acids is 1. The van der Waals surface area contributed by atoms with E-state index in [0.717, 1.165) is 63.7 Å². The third kappa shape index (κ3) is 21.3. The lowest BCUT2D eigenvalue weighted by atomic mass is 9.84. The predicted molar refractivity (Wildman–Crippen MR) is 220 cm³/mol. The van der Waals surface area contributed by atoms with Gasteiger partial charge in [0.05, 0.1) is 45.9 Å². The first-order valence-electron chi connectivity index (χ1n) is 22.0.